The monoisotopic (exact) mass is 300 g/mol. The standard InChI is InChI=1S/C16H32N2O3/c1-4-21-15(19)16(2,17)9-5-6-10-18(3)13-14-7-11-20-12-8-14/h14H,4-13,17H2,1-3H3. The van der Waals surface area contributed by atoms with Gasteiger partial charge in [0, 0.05) is 19.8 Å². The van der Waals surface area contributed by atoms with E-state index in [1.165, 1.54) is 12.8 Å². The van der Waals surface area contributed by atoms with Gasteiger partial charge in [0.1, 0.15) is 5.54 Å². The van der Waals surface area contributed by atoms with Crippen LogP contribution >= 0.6 is 0 Å². The van der Waals surface area contributed by atoms with Gasteiger partial charge in [-0.3, -0.25) is 4.79 Å². The Balaban J connectivity index is 2.13. The molecule has 5 heteroatoms. The number of carbonyl (C=O) groups is 1. The second kappa shape index (κ2) is 9.38. The van der Waals surface area contributed by atoms with Crippen LogP contribution in [0.3, 0.4) is 0 Å². The smallest absolute Gasteiger partial charge is 0.325 e. The summed E-state index contributed by atoms with van der Waals surface area (Å²) in [6, 6.07) is 0. The van der Waals surface area contributed by atoms with Crippen molar-refractivity contribution >= 4 is 5.97 Å². The van der Waals surface area contributed by atoms with E-state index < -0.39 is 5.54 Å². The molecule has 0 spiro atoms. The molecule has 0 aromatic heterocycles. The molecule has 1 heterocycles. The molecule has 0 aromatic rings. The number of esters is 1. The third kappa shape index (κ3) is 7.25. The van der Waals surface area contributed by atoms with Crippen molar-refractivity contribution in [2.24, 2.45) is 11.7 Å². The highest BCUT2D eigenvalue weighted by Crippen LogP contribution is 2.17. The van der Waals surface area contributed by atoms with E-state index in [-0.39, 0.29) is 5.97 Å². The molecule has 124 valence electrons. The second-order valence-corrected chi connectivity index (χ2v) is 6.41. The van der Waals surface area contributed by atoms with Crippen molar-refractivity contribution in [1.29, 1.82) is 0 Å². The Morgan fingerprint density at radius 2 is 2.05 bits per heavy atom. The number of nitrogens with zero attached hydrogens (tertiary/aromatic N) is 1. The molecule has 21 heavy (non-hydrogen) atoms. The summed E-state index contributed by atoms with van der Waals surface area (Å²) in [6.07, 6.45) is 5.04. The van der Waals surface area contributed by atoms with Crippen molar-refractivity contribution in [3.63, 3.8) is 0 Å². The van der Waals surface area contributed by atoms with Gasteiger partial charge in [-0.1, -0.05) is 0 Å². The van der Waals surface area contributed by atoms with Gasteiger partial charge in [0.05, 0.1) is 6.61 Å². The van der Waals surface area contributed by atoms with Crippen LogP contribution in [0.5, 0.6) is 0 Å². The van der Waals surface area contributed by atoms with Crippen LogP contribution in [0.25, 0.3) is 0 Å². The highest BCUT2D eigenvalue weighted by Gasteiger charge is 2.29. The van der Waals surface area contributed by atoms with Gasteiger partial charge in [0.2, 0.25) is 0 Å². The molecule has 0 aliphatic carbocycles. The SMILES string of the molecule is CCOC(=O)C(C)(N)CCCCN(C)CC1CCOCC1. The van der Waals surface area contributed by atoms with Crippen molar-refractivity contribution in [2.75, 3.05) is 40.0 Å². The number of hydrogen-bond acceptors (Lipinski definition) is 5. The van der Waals surface area contributed by atoms with Crippen molar-refractivity contribution in [3.05, 3.63) is 0 Å². The number of nitrogens with two attached hydrogens (primary N) is 1. The van der Waals surface area contributed by atoms with Crippen LogP contribution in [-0.4, -0.2) is 56.4 Å². The Hall–Kier alpha value is -0.650. The van der Waals surface area contributed by atoms with Crippen LogP contribution in [0.15, 0.2) is 0 Å². The number of carbonyl (C=O) groups excluding carboxylic acids is 1. The maximum absolute atomic E-state index is 11.7. The van der Waals surface area contributed by atoms with Crippen LogP contribution in [0, 0.1) is 5.92 Å². The molecular weight excluding hydrogens is 268 g/mol. The topological polar surface area (TPSA) is 64.8 Å². The Morgan fingerprint density at radius 3 is 2.67 bits per heavy atom. The summed E-state index contributed by atoms with van der Waals surface area (Å²) in [5.74, 6) is 0.476. The normalized spacial score (nSPS) is 19.5. The molecule has 1 atom stereocenters. The summed E-state index contributed by atoms with van der Waals surface area (Å²) in [5.41, 5.74) is 5.16. The molecule has 2 N–H and O–H groups in total. The molecular formula is C16H32N2O3. The maximum atomic E-state index is 11.7. The van der Waals surface area contributed by atoms with Gasteiger partial charge >= 0.3 is 5.97 Å². The lowest BCUT2D eigenvalue weighted by Gasteiger charge is -2.27. The van der Waals surface area contributed by atoms with Crippen LogP contribution in [0.1, 0.15) is 46.0 Å². The lowest BCUT2D eigenvalue weighted by atomic mass is 9.96. The molecule has 1 aliphatic heterocycles. The van der Waals surface area contributed by atoms with E-state index >= 15 is 0 Å². The van der Waals surface area contributed by atoms with E-state index in [4.69, 9.17) is 15.2 Å². The Morgan fingerprint density at radius 1 is 1.38 bits per heavy atom. The summed E-state index contributed by atoms with van der Waals surface area (Å²) in [4.78, 5) is 14.1. The van der Waals surface area contributed by atoms with E-state index in [0.29, 0.717) is 13.0 Å². The molecule has 0 saturated carbocycles. The van der Waals surface area contributed by atoms with Gasteiger partial charge < -0.3 is 20.1 Å². The van der Waals surface area contributed by atoms with Crippen LogP contribution < -0.4 is 5.73 Å². The third-order valence-electron chi connectivity index (χ3n) is 4.14. The Labute approximate surface area is 129 Å². The minimum Gasteiger partial charge on any atom is -0.465 e. The maximum Gasteiger partial charge on any atom is 0.325 e. The van der Waals surface area contributed by atoms with Crippen LogP contribution in [-0.2, 0) is 14.3 Å². The summed E-state index contributed by atoms with van der Waals surface area (Å²) in [7, 11) is 2.17. The highest BCUT2D eigenvalue weighted by atomic mass is 16.5. The predicted octanol–water partition coefficient (Wildman–Crippen LogP) is 1.80. The highest BCUT2D eigenvalue weighted by molar-refractivity contribution is 5.79. The number of hydrogen-bond donors (Lipinski definition) is 1. The zero-order valence-corrected chi connectivity index (χ0v) is 13.9. The van der Waals surface area contributed by atoms with Crippen LogP contribution in [0.4, 0.5) is 0 Å². The summed E-state index contributed by atoms with van der Waals surface area (Å²) in [5, 5.41) is 0. The zero-order valence-electron chi connectivity index (χ0n) is 13.9. The molecule has 5 nitrogen and oxygen atoms in total. The summed E-state index contributed by atoms with van der Waals surface area (Å²) < 4.78 is 10.4. The third-order valence-corrected chi connectivity index (χ3v) is 4.14. The van der Waals surface area contributed by atoms with E-state index in [1.54, 1.807) is 13.8 Å². The molecule has 0 radical (unpaired) electrons. The molecule has 1 aliphatic rings. The fourth-order valence-electron chi connectivity index (χ4n) is 2.73. The molecule has 1 fully saturated rings. The fourth-order valence-corrected chi connectivity index (χ4v) is 2.73. The lowest BCUT2D eigenvalue weighted by Crippen LogP contribution is -2.46. The predicted molar refractivity (Wildman–Crippen MR) is 84.1 cm³/mol. The average Bonchev–Trinajstić information content (AvgIpc) is 2.45. The molecule has 1 rings (SSSR count). The van der Waals surface area contributed by atoms with Crippen molar-refractivity contribution < 1.29 is 14.3 Å². The van der Waals surface area contributed by atoms with Gasteiger partial charge in [0.15, 0.2) is 0 Å². The summed E-state index contributed by atoms with van der Waals surface area (Å²) in [6.45, 7) is 7.96. The van der Waals surface area contributed by atoms with Crippen molar-refractivity contribution in [3.8, 4) is 0 Å². The molecule has 0 aromatic carbocycles. The van der Waals surface area contributed by atoms with E-state index in [2.05, 4.69) is 11.9 Å². The lowest BCUT2D eigenvalue weighted by molar-refractivity contribution is -0.149. The van der Waals surface area contributed by atoms with Gasteiger partial charge in [-0.05, 0) is 65.5 Å². The Kier molecular flexibility index (Phi) is 8.22. The van der Waals surface area contributed by atoms with E-state index in [1.807, 2.05) is 0 Å². The molecule has 0 bridgehead atoms. The van der Waals surface area contributed by atoms with Crippen molar-refractivity contribution in [1.82, 2.24) is 4.90 Å². The van der Waals surface area contributed by atoms with Gasteiger partial charge in [-0.2, -0.15) is 0 Å². The quantitative estimate of drug-likeness (QED) is 0.519. The molecule has 1 saturated heterocycles. The molecule has 1 unspecified atom stereocenters. The van der Waals surface area contributed by atoms with Gasteiger partial charge in [-0.15, -0.1) is 0 Å². The zero-order chi connectivity index (χ0) is 15.7. The van der Waals surface area contributed by atoms with Crippen LogP contribution in [0.2, 0.25) is 0 Å². The number of ether oxygens (including phenoxy) is 2. The number of unbranched alkanes of at least 4 members (excludes halogenated alkanes) is 1. The summed E-state index contributed by atoms with van der Waals surface area (Å²) >= 11 is 0. The second-order valence-electron chi connectivity index (χ2n) is 6.41. The largest absolute Gasteiger partial charge is 0.465 e. The first-order chi connectivity index (χ1) is 9.95. The number of rotatable bonds is 9. The minimum atomic E-state index is -0.852. The first kappa shape index (κ1) is 18.4. The fraction of sp³-hybridized carbons (Fsp3) is 0.938. The average molecular weight is 300 g/mol. The van der Waals surface area contributed by atoms with Crippen molar-refractivity contribution in [2.45, 2.75) is 51.5 Å². The molecule has 0 amide bonds. The van der Waals surface area contributed by atoms with E-state index in [0.717, 1.165) is 45.1 Å². The Bertz CT molecular complexity index is 302. The minimum absolute atomic E-state index is 0.291. The van der Waals surface area contributed by atoms with Gasteiger partial charge in [-0.25, -0.2) is 0 Å². The first-order valence-electron chi connectivity index (χ1n) is 8.18. The first-order valence-corrected chi connectivity index (χ1v) is 8.18. The van der Waals surface area contributed by atoms with E-state index in [9.17, 15) is 4.79 Å². The van der Waals surface area contributed by atoms with Gasteiger partial charge in [0.25, 0.3) is 0 Å².